The van der Waals surface area contributed by atoms with Crippen LogP contribution in [-0.2, 0) is 15.0 Å². The van der Waals surface area contributed by atoms with Gasteiger partial charge in [-0.1, -0.05) is 42.7 Å². The normalized spacial score (nSPS) is 15.0. The largest absolute Gasteiger partial charge is 0.425 e. The minimum absolute atomic E-state index is 0.0604. The SMILES string of the molecule is CC(=O)Oc1ccc(NC(=O)C2(c3cccc(C)c3)CCCC2)cc1C#N. The summed E-state index contributed by atoms with van der Waals surface area (Å²) in [6.45, 7) is 3.31. The van der Waals surface area contributed by atoms with Crippen molar-refractivity contribution in [3.8, 4) is 11.8 Å². The van der Waals surface area contributed by atoms with Crippen LogP contribution in [0.4, 0.5) is 5.69 Å². The first kappa shape index (κ1) is 18.7. The fraction of sp³-hybridized carbons (Fsp3) is 0.318. The van der Waals surface area contributed by atoms with Crippen molar-refractivity contribution in [1.29, 1.82) is 5.26 Å². The van der Waals surface area contributed by atoms with E-state index in [1.807, 2.05) is 31.2 Å². The second-order valence-corrected chi connectivity index (χ2v) is 7.03. The zero-order chi connectivity index (χ0) is 19.4. The summed E-state index contributed by atoms with van der Waals surface area (Å²) in [5.41, 5.74) is 2.34. The Morgan fingerprint density at radius 2 is 1.89 bits per heavy atom. The van der Waals surface area contributed by atoms with Gasteiger partial charge in [-0.25, -0.2) is 0 Å². The number of nitriles is 1. The molecule has 0 spiro atoms. The Morgan fingerprint density at radius 3 is 2.52 bits per heavy atom. The van der Waals surface area contributed by atoms with E-state index < -0.39 is 11.4 Å². The van der Waals surface area contributed by atoms with E-state index >= 15 is 0 Å². The Balaban J connectivity index is 1.89. The van der Waals surface area contributed by atoms with Crippen molar-refractivity contribution >= 4 is 17.6 Å². The molecule has 1 aliphatic rings. The lowest BCUT2D eigenvalue weighted by Gasteiger charge is -2.28. The number of benzene rings is 2. The van der Waals surface area contributed by atoms with Crippen LogP contribution in [0.15, 0.2) is 42.5 Å². The molecule has 138 valence electrons. The molecule has 27 heavy (non-hydrogen) atoms. The summed E-state index contributed by atoms with van der Waals surface area (Å²) in [5, 5.41) is 12.3. The number of rotatable bonds is 4. The number of hydrogen-bond acceptors (Lipinski definition) is 4. The first-order chi connectivity index (χ1) is 12.9. The minimum Gasteiger partial charge on any atom is -0.425 e. The van der Waals surface area contributed by atoms with Crippen LogP contribution in [0.3, 0.4) is 0 Å². The van der Waals surface area contributed by atoms with Crippen LogP contribution in [0.2, 0.25) is 0 Å². The molecule has 1 amide bonds. The number of hydrogen-bond donors (Lipinski definition) is 1. The quantitative estimate of drug-likeness (QED) is 0.652. The van der Waals surface area contributed by atoms with Gasteiger partial charge in [-0.05, 0) is 43.5 Å². The predicted octanol–water partition coefficient (Wildman–Crippen LogP) is 4.24. The third-order valence-corrected chi connectivity index (χ3v) is 5.07. The summed E-state index contributed by atoms with van der Waals surface area (Å²) in [5.74, 6) is -0.361. The molecule has 0 saturated heterocycles. The van der Waals surface area contributed by atoms with Crippen molar-refractivity contribution in [3.63, 3.8) is 0 Å². The molecule has 0 aromatic heterocycles. The average Bonchev–Trinajstić information content (AvgIpc) is 3.14. The van der Waals surface area contributed by atoms with Crippen molar-refractivity contribution in [1.82, 2.24) is 0 Å². The Morgan fingerprint density at radius 1 is 1.15 bits per heavy atom. The number of carbonyl (C=O) groups is 2. The lowest BCUT2D eigenvalue weighted by atomic mass is 9.77. The highest BCUT2D eigenvalue weighted by Crippen LogP contribution is 2.42. The number of nitrogens with one attached hydrogen (secondary N) is 1. The van der Waals surface area contributed by atoms with Gasteiger partial charge in [-0.3, -0.25) is 9.59 Å². The van der Waals surface area contributed by atoms with E-state index in [9.17, 15) is 14.9 Å². The van der Waals surface area contributed by atoms with Gasteiger partial charge in [0.2, 0.25) is 5.91 Å². The number of carbonyl (C=O) groups excluding carboxylic acids is 2. The van der Waals surface area contributed by atoms with Crippen LogP contribution in [-0.4, -0.2) is 11.9 Å². The molecule has 3 rings (SSSR count). The molecular weight excluding hydrogens is 340 g/mol. The third kappa shape index (κ3) is 3.85. The van der Waals surface area contributed by atoms with Crippen LogP contribution >= 0.6 is 0 Å². The van der Waals surface area contributed by atoms with Crippen molar-refractivity contribution in [3.05, 3.63) is 59.2 Å². The summed E-state index contributed by atoms with van der Waals surface area (Å²) >= 11 is 0. The standard InChI is InChI=1S/C22H22N2O3/c1-15-6-5-7-18(12-15)22(10-3-4-11-22)21(26)24-19-8-9-20(27-16(2)25)17(13-19)14-23/h5-9,12-13H,3-4,10-11H2,1-2H3,(H,24,26). The van der Waals surface area contributed by atoms with Crippen LogP contribution < -0.4 is 10.1 Å². The Bertz CT molecular complexity index is 921. The van der Waals surface area contributed by atoms with Gasteiger partial charge >= 0.3 is 5.97 Å². The van der Waals surface area contributed by atoms with Gasteiger partial charge in [0.25, 0.3) is 0 Å². The summed E-state index contributed by atoms with van der Waals surface area (Å²) < 4.78 is 5.02. The fourth-order valence-electron chi connectivity index (χ4n) is 3.76. The van der Waals surface area contributed by atoms with Gasteiger partial charge in [0, 0.05) is 12.6 Å². The third-order valence-electron chi connectivity index (χ3n) is 5.07. The van der Waals surface area contributed by atoms with Crippen LogP contribution in [0, 0.1) is 18.3 Å². The molecule has 1 aliphatic carbocycles. The highest BCUT2D eigenvalue weighted by molar-refractivity contribution is 5.99. The number of nitrogens with zero attached hydrogens (tertiary/aromatic N) is 1. The maximum Gasteiger partial charge on any atom is 0.308 e. The number of ether oxygens (including phenoxy) is 1. The first-order valence-electron chi connectivity index (χ1n) is 9.06. The van der Waals surface area contributed by atoms with Gasteiger partial charge in [-0.2, -0.15) is 5.26 Å². The molecule has 0 heterocycles. The summed E-state index contributed by atoms with van der Waals surface area (Å²) in [6, 6.07) is 14.8. The zero-order valence-corrected chi connectivity index (χ0v) is 15.5. The van der Waals surface area contributed by atoms with E-state index in [1.54, 1.807) is 6.07 Å². The number of anilines is 1. The van der Waals surface area contributed by atoms with Crippen LogP contribution in [0.5, 0.6) is 5.75 Å². The average molecular weight is 362 g/mol. The van der Waals surface area contributed by atoms with E-state index in [1.165, 1.54) is 19.1 Å². The van der Waals surface area contributed by atoms with Gasteiger partial charge in [0.15, 0.2) is 0 Å². The molecule has 0 bridgehead atoms. The minimum atomic E-state index is -0.548. The lowest BCUT2D eigenvalue weighted by Crippen LogP contribution is -2.38. The molecule has 0 unspecified atom stereocenters. The highest BCUT2D eigenvalue weighted by Gasteiger charge is 2.42. The van der Waals surface area contributed by atoms with Gasteiger partial charge < -0.3 is 10.1 Å². The maximum atomic E-state index is 13.2. The lowest BCUT2D eigenvalue weighted by molar-refractivity contribution is -0.132. The molecule has 0 atom stereocenters. The number of aryl methyl sites for hydroxylation is 1. The Labute approximate surface area is 159 Å². The van der Waals surface area contributed by atoms with Crippen molar-refractivity contribution in [2.75, 3.05) is 5.32 Å². The van der Waals surface area contributed by atoms with E-state index in [2.05, 4.69) is 11.4 Å². The number of amides is 1. The van der Waals surface area contributed by atoms with E-state index in [-0.39, 0.29) is 17.2 Å². The molecule has 1 saturated carbocycles. The van der Waals surface area contributed by atoms with Crippen molar-refractivity contribution in [2.24, 2.45) is 0 Å². The molecule has 0 aliphatic heterocycles. The topological polar surface area (TPSA) is 79.2 Å². The molecule has 5 heteroatoms. The van der Waals surface area contributed by atoms with Gasteiger partial charge in [-0.15, -0.1) is 0 Å². The zero-order valence-electron chi connectivity index (χ0n) is 15.5. The molecule has 0 radical (unpaired) electrons. The molecule has 1 fully saturated rings. The van der Waals surface area contributed by atoms with E-state index in [4.69, 9.17) is 4.74 Å². The summed E-state index contributed by atoms with van der Waals surface area (Å²) in [6.07, 6.45) is 3.63. The van der Waals surface area contributed by atoms with Gasteiger partial charge in [0.05, 0.1) is 11.0 Å². The maximum absolute atomic E-state index is 13.2. The second kappa shape index (κ2) is 7.63. The van der Waals surface area contributed by atoms with E-state index in [0.717, 1.165) is 36.8 Å². The van der Waals surface area contributed by atoms with Gasteiger partial charge in [0.1, 0.15) is 11.8 Å². The Kier molecular flexibility index (Phi) is 5.27. The molecule has 5 nitrogen and oxygen atoms in total. The molecule has 2 aromatic rings. The fourth-order valence-corrected chi connectivity index (χ4v) is 3.76. The van der Waals surface area contributed by atoms with E-state index in [0.29, 0.717) is 5.69 Å². The summed E-state index contributed by atoms with van der Waals surface area (Å²) in [7, 11) is 0. The second-order valence-electron chi connectivity index (χ2n) is 7.03. The molecular formula is C22H22N2O3. The Hall–Kier alpha value is -3.13. The smallest absolute Gasteiger partial charge is 0.308 e. The van der Waals surface area contributed by atoms with Crippen LogP contribution in [0.25, 0.3) is 0 Å². The molecule has 1 N–H and O–H groups in total. The highest BCUT2D eigenvalue weighted by atomic mass is 16.5. The van der Waals surface area contributed by atoms with Crippen molar-refractivity contribution in [2.45, 2.75) is 44.9 Å². The predicted molar refractivity (Wildman–Crippen MR) is 102 cm³/mol. The first-order valence-corrected chi connectivity index (χ1v) is 9.06. The van der Waals surface area contributed by atoms with Crippen molar-refractivity contribution < 1.29 is 14.3 Å². The monoisotopic (exact) mass is 362 g/mol. The van der Waals surface area contributed by atoms with Crippen LogP contribution in [0.1, 0.15) is 49.3 Å². The molecule has 2 aromatic carbocycles. The summed E-state index contributed by atoms with van der Waals surface area (Å²) in [4.78, 5) is 24.4. The number of esters is 1.